The molecule has 5 nitrogen and oxygen atoms in total. The molecule has 1 heterocycles. The summed E-state index contributed by atoms with van der Waals surface area (Å²) in [7, 11) is 0. The molecule has 0 atom stereocenters. The first-order chi connectivity index (χ1) is 8.24. The minimum atomic E-state index is 0.0419. The van der Waals surface area contributed by atoms with E-state index in [9.17, 15) is 4.79 Å². The van der Waals surface area contributed by atoms with Crippen molar-refractivity contribution < 1.29 is 4.79 Å². The van der Waals surface area contributed by atoms with Gasteiger partial charge in [0.25, 0.3) is 0 Å². The van der Waals surface area contributed by atoms with E-state index >= 15 is 0 Å². The van der Waals surface area contributed by atoms with Gasteiger partial charge in [-0.3, -0.25) is 4.79 Å². The van der Waals surface area contributed by atoms with Gasteiger partial charge in [0.2, 0.25) is 5.91 Å². The van der Waals surface area contributed by atoms with E-state index in [0.717, 1.165) is 31.2 Å². The minimum absolute atomic E-state index is 0.0419. The average Bonchev–Trinajstić information content (AvgIpc) is 2.33. The number of nitrogens with two attached hydrogens (primary N) is 1. The van der Waals surface area contributed by atoms with Gasteiger partial charge in [0, 0.05) is 24.5 Å². The van der Waals surface area contributed by atoms with Crippen LogP contribution in [0.15, 0.2) is 18.7 Å². The third-order valence-corrected chi connectivity index (χ3v) is 3.12. The van der Waals surface area contributed by atoms with Crippen molar-refractivity contribution in [3.8, 4) is 0 Å². The van der Waals surface area contributed by atoms with Crippen LogP contribution in [0.5, 0.6) is 0 Å². The molecule has 1 aromatic rings. The van der Waals surface area contributed by atoms with Crippen LogP contribution in [0.25, 0.3) is 0 Å². The Morgan fingerprint density at radius 3 is 2.59 bits per heavy atom. The van der Waals surface area contributed by atoms with E-state index < -0.39 is 0 Å². The second-order valence-corrected chi connectivity index (χ2v) is 4.60. The maximum Gasteiger partial charge on any atom is 0.224 e. The summed E-state index contributed by atoms with van der Waals surface area (Å²) in [6.07, 6.45) is 9.12. The summed E-state index contributed by atoms with van der Waals surface area (Å²) >= 11 is 0. The van der Waals surface area contributed by atoms with Crippen molar-refractivity contribution in [2.24, 2.45) is 5.73 Å². The Labute approximate surface area is 101 Å². The van der Waals surface area contributed by atoms with Crippen LogP contribution in [-0.2, 0) is 11.2 Å². The van der Waals surface area contributed by atoms with Crippen molar-refractivity contribution in [1.82, 2.24) is 15.3 Å². The fraction of sp³-hybridized carbons (Fsp3) is 0.583. The van der Waals surface area contributed by atoms with Gasteiger partial charge in [-0.05, 0) is 31.2 Å². The number of rotatable bonds is 3. The second kappa shape index (κ2) is 5.72. The van der Waals surface area contributed by atoms with E-state index in [1.807, 2.05) is 0 Å². The number of carbonyl (C=O) groups is 1. The van der Waals surface area contributed by atoms with Gasteiger partial charge < -0.3 is 11.1 Å². The van der Waals surface area contributed by atoms with Gasteiger partial charge in [-0.2, -0.15) is 0 Å². The first kappa shape index (κ1) is 12.0. The Bertz CT molecular complexity index is 360. The largest absolute Gasteiger partial charge is 0.353 e. The second-order valence-electron chi connectivity index (χ2n) is 4.60. The van der Waals surface area contributed by atoms with E-state index in [0.29, 0.717) is 12.5 Å². The lowest BCUT2D eigenvalue weighted by Gasteiger charge is -2.26. The van der Waals surface area contributed by atoms with Crippen molar-refractivity contribution in [3.05, 3.63) is 24.3 Å². The molecule has 1 amide bonds. The molecule has 0 unspecified atom stereocenters. The molecule has 5 heteroatoms. The number of nitrogens with one attached hydrogen (secondary N) is 1. The summed E-state index contributed by atoms with van der Waals surface area (Å²) in [5.41, 5.74) is 6.67. The maximum atomic E-state index is 11.8. The highest BCUT2D eigenvalue weighted by molar-refractivity contribution is 5.78. The highest BCUT2D eigenvalue weighted by Gasteiger charge is 2.19. The lowest BCUT2D eigenvalue weighted by Crippen LogP contribution is -2.41. The fourth-order valence-corrected chi connectivity index (χ4v) is 2.15. The molecule has 0 spiro atoms. The summed E-state index contributed by atoms with van der Waals surface area (Å²) in [6.45, 7) is 0. The zero-order chi connectivity index (χ0) is 12.1. The van der Waals surface area contributed by atoms with Crippen LogP contribution in [0.3, 0.4) is 0 Å². The lowest BCUT2D eigenvalue weighted by molar-refractivity contribution is -0.121. The smallest absolute Gasteiger partial charge is 0.224 e. The van der Waals surface area contributed by atoms with Crippen LogP contribution in [0.4, 0.5) is 0 Å². The topological polar surface area (TPSA) is 80.9 Å². The van der Waals surface area contributed by atoms with Gasteiger partial charge >= 0.3 is 0 Å². The van der Waals surface area contributed by atoms with E-state index in [-0.39, 0.29) is 11.9 Å². The zero-order valence-corrected chi connectivity index (χ0v) is 9.80. The molecule has 0 saturated heterocycles. The Morgan fingerprint density at radius 1 is 1.29 bits per heavy atom. The first-order valence-electron chi connectivity index (χ1n) is 6.03. The molecule has 1 aromatic heterocycles. The zero-order valence-electron chi connectivity index (χ0n) is 9.80. The third kappa shape index (κ3) is 3.78. The molecule has 17 heavy (non-hydrogen) atoms. The van der Waals surface area contributed by atoms with Crippen LogP contribution in [-0.4, -0.2) is 28.0 Å². The Morgan fingerprint density at radius 2 is 1.94 bits per heavy atom. The molecule has 1 aliphatic carbocycles. The molecule has 0 aromatic carbocycles. The van der Waals surface area contributed by atoms with Gasteiger partial charge in [-0.1, -0.05) is 0 Å². The summed E-state index contributed by atoms with van der Waals surface area (Å²) in [5, 5.41) is 3.04. The van der Waals surface area contributed by atoms with Gasteiger partial charge in [-0.15, -0.1) is 0 Å². The van der Waals surface area contributed by atoms with Crippen molar-refractivity contribution >= 4 is 5.91 Å². The van der Waals surface area contributed by atoms with E-state index in [4.69, 9.17) is 5.73 Å². The number of carbonyl (C=O) groups excluding carboxylic acids is 1. The number of aromatic nitrogens is 2. The molecule has 1 aliphatic rings. The molecular weight excluding hydrogens is 216 g/mol. The molecule has 1 fully saturated rings. The molecule has 0 aliphatic heterocycles. The van der Waals surface area contributed by atoms with Crippen LogP contribution < -0.4 is 11.1 Å². The Kier molecular flexibility index (Phi) is 4.03. The van der Waals surface area contributed by atoms with Crippen LogP contribution in [0.1, 0.15) is 31.2 Å². The fourth-order valence-electron chi connectivity index (χ4n) is 2.15. The van der Waals surface area contributed by atoms with Crippen LogP contribution >= 0.6 is 0 Å². The summed E-state index contributed by atoms with van der Waals surface area (Å²) < 4.78 is 0. The first-order valence-corrected chi connectivity index (χ1v) is 6.03. The molecule has 0 bridgehead atoms. The molecule has 1 saturated carbocycles. The molecule has 2 rings (SSSR count). The van der Waals surface area contributed by atoms with E-state index in [1.165, 1.54) is 6.33 Å². The van der Waals surface area contributed by atoms with Crippen molar-refractivity contribution in [2.45, 2.75) is 44.2 Å². The van der Waals surface area contributed by atoms with Gasteiger partial charge in [-0.25, -0.2) is 9.97 Å². The predicted octanol–water partition coefficient (Wildman–Crippen LogP) is 0.405. The summed E-state index contributed by atoms with van der Waals surface area (Å²) in [6, 6.07) is 0.595. The average molecular weight is 234 g/mol. The number of amides is 1. The van der Waals surface area contributed by atoms with E-state index in [1.54, 1.807) is 12.4 Å². The molecule has 92 valence electrons. The summed E-state index contributed by atoms with van der Waals surface area (Å²) in [4.78, 5) is 19.5. The van der Waals surface area contributed by atoms with Crippen molar-refractivity contribution in [2.75, 3.05) is 0 Å². The van der Waals surface area contributed by atoms with Crippen molar-refractivity contribution in [1.29, 1.82) is 0 Å². The SMILES string of the molecule is NC1CCC(NC(=O)Cc2cncnc2)CC1. The standard InChI is InChI=1S/C12H18N4O/c13-10-1-3-11(4-2-10)16-12(17)5-9-6-14-8-15-7-9/h6-8,10-11H,1-5,13H2,(H,16,17). The lowest BCUT2D eigenvalue weighted by atomic mass is 9.92. The molecular formula is C12H18N4O. The van der Waals surface area contributed by atoms with Gasteiger partial charge in [0.1, 0.15) is 6.33 Å². The number of hydrogen-bond donors (Lipinski definition) is 2. The number of nitrogens with zero attached hydrogens (tertiary/aromatic N) is 2. The van der Waals surface area contributed by atoms with E-state index in [2.05, 4.69) is 15.3 Å². The normalized spacial score (nSPS) is 24.3. The van der Waals surface area contributed by atoms with Gasteiger partial charge in [0.05, 0.1) is 6.42 Å². The molecule has 3 N–H and O–H groups in total. The van der Waals surface area contributed by atoms with Gasteiger partial charge in [0.15, 0.2) is 0 Å². The summed E-state index contributed by atoms with van der Waals surface area (Å²) in [5.74, 6) is 0.0419. The third-order valence-electron chi connectivity index (χ3n) is 3.12. The monoisotopic (exact) mass is 234 g/mol. The molecule has 0 radical (unpaired) electrons. The van der Waals surface area contributed by atoms with Crippen LogP contribution in [0, 0.1) is 0 Å². The minimum Gasteiger partial charge on any atom is -0.353 e. The maximum absolute atomic E-state index is 11.8. The number of hydrogen-bond acceptors (Lipinski definition) is 4. The highest BCUT2D eigenvalue weighted by atomic mass is 16.1. The predicted molar refractivity (Wildman–Crippen MR) is 64.1 cm³/mol. The Hall–Kier alpha value is -1.49. The Balaban J connectivity index is 1.78. The van der Waals surface area contributed by atoms with Crippen molar-refractivity contribution in [3.63, 3.8) is 0 Å². The quantitative estimate of drug-likeness (QED) is 0.793. The van der Waals surface area contributed by atoms with Crippen LogP contribution in [0.2, 0.25) is 0 Å². The highest BCUT2D eigenvalue weighted by Crippen LogP contribution is 2.16.